The fraction of sp³-hybridized carbons (Fsp3) is 0.118. The summed E-state index contributed by atoms with van der Waals surface area (Å²) >= 11 is 5.65. The highest BCUT2D eigenvalue weighted by Gasteiger charge is 2.23. The van der Waals surface area contributed by atoms with Gasteiger partial charge in [0.15, 0.2) is 0 Å². The van der Waals surface area contributed by atoms with Crippen LogP contribution in [0, 0.1) is 15.0 Å². The van der Waals surface area contributed by atoms with Crippen LogP contribution in [0.2, 0.25) is 19.6 Å². The molecule has 0 radical (unpaired) electrons. The van der Waals surface area contributed by atoms with Crippen molar-refractivity contribution in [3.63, 3.8) is 0 Å². The van der Waals surface area contributed by atoms with E-state index in [-0.39, 0.29) is 17.5 Å². The lowest BCUT2D eigenvalue weighted by atomic mass is 9.92. The van der Waals surface area contributed by atoms with Crippen LogP contribution in [0.15, 0.2) is 102 Å². The van der Waals surface area contributed by atoms with Gasteiger partial charge in [0.1, 0.15) is 8.07 Å². The average molecular weight is 732 g/mol. The summed E-state index contributed by atoms with van der Waals surface area (Å²) in [4.78, 5) is 33.2. The largest absolute Gasteiger partial charge is 0.355 e. The Hall–Kier alpha value is -3.45. The number of hydrogen-bond acceptors (Lipinski definition) is 2. The fourth-order valence-electron chi connectivity index (χ4n) is 4.48. The number of benzene rings is 3. The molecule has 2 N–H and O–H groups in total. The van der Waals surface area contributed by atoms with Crippen molar-refractivity contribution < 1.29 is 9.59 Å². The summed E-state index contributed by atoms with van der Waals surface area (Å²) in [6, 6.07) is 30.6. The first-order chi connectivity index (χ1) is 19.6. The number of aromatic amines is 2. The van der Waals surface area contributed by atoms with Gasteiger partial charge in [-0.25, -0.2) is 0 Å². The van der Waals surface area contributed by atoms with E-state index in [9.17, 15) is 9.59 Å². The number of halogens is 2. The number of ketones is 2. The lowest BCUT2D eigenvalue weighted by Gasteiger charge is -2.16. The van der Waals surface area contributed by atoms with Gasteiger partial charge in [-0.1, -0.05) is 53.6 Å². The van der Waals surface area contributed by atoms with E-state index in [1.807, 2.05) is 72.8 Å². The van der Waals surface area contributed by atoms with Crippen molar-refractivity contribution in [2.24, 2.45) is 0 Å². The first kappa shape index (κ1) is 29.1. The Balaban J connectivity index is 1.52. The summed E-state index contributed by atoms with van der Waals surface area (Å²) in [5.74, 6) is 2.91. The van der Waals surface area contributed by atoms with Gasteiger partial charge in [-0.05, 0) is 113 Å². The molecule has 204 valence electrons. The summed E-state index contributed by atoms with van der Waals surface area (Å²) in [7, 11) is -1.50. The predicted molar refractivity (Wildman–Crippen MR) is 179 cm³/mol. The van der Waals surface area contributed by atoms with Crippen molar-refractivity contribution in [2.75, 3.05) is 0 Å². The number of nitrogens with one attached hydrogen (secondary N) is 2. The van der Waals surface area contributed by atoms with Gasteiger partial charge < -0.3 is 9.97 Å². The monoisotopic (exact) mass is 730 g/mol. The molecular formula is C34H28BrIN2O2Si. The minimum atomic E-state index is -1.50. The first-order valence-electron chi connectivity index (χ1n) is 13.2. The van der Waals surface area contributed by atoms with E-state index in [0.717, 1.165) is 30.6 Å². The summed E-state index contributed by atoms with van der Waals surface area (Å²) < 4.78 is 1.99. The molecule has 7 heteroatoms. The zero-order valence-electron chi connectivity index (χ0n) is 22.9. The normalized spacial score (nSPS) is 11.9. The molecule has 0 aliphatic carbocycles. The average Bonchev–Trinajstić information content (AvgIpc) is 3.64. The second-order valence-electron chi connectivity index (χ2n) is 10.9. The van der Waals surface area contributed by atoms with Crippen molar-refractivity contribution in [1.29, 1.82) is 0 Å². The molecule has 0 spiro atoms. The van der Waals surface area contributed by atoms with E-state index < -0.39 is 8.07 Å². The first-order valence-corrected chi connectivity index (χ1v) is 18.6. The molecule has 1 atom stereocenters. The van der Waals surface area contributed by atoms with Crippen molar-refractivity contribution >= 4 is 58.2 Å². The van der Waals surface area contributed by atoms with Gasteiger partial charge in [-0.2, -0.15) is 0 Å². The van der Waals surface area contributed by atoms with E-state index >= 15 is 0 Å². The van der Waals surface area contributed by atoms with E-state index in [1.54, 1.807) is 12.1 Å². The second-order valence-corrected chi connectivity index (χ2v) is 17.8. The molecular weight excluding hydrogens is 703 g/mol. The summed E-state index contributed by atoms with van der Waals surface area (Å²) in [6.45, 7) is 6.68. The van der Waals surface area contributed by atoms with Gasteiger partial charge in [-0.3, -0.25) is 9.59 Å². The van der Waals surface area contributed by atoms with E-state index in [1.165, 1.54) is 0 Å². The maximum absolute atomic E-state index is 13.2. The number of carbonyl (C=O) groups excluding carboxylic acids is 2. The molecule has 0 aliphatic heterocycles. The van der Waals surface area contributed by atoms with Crippen LogP contribution in [0.4, 0.5) is 0 Å². The predicted octanol–water partition coefficient (Wildman–Crippen LogP) is 8.58. The SMILES string of the molecule is C[Si](C)(C)C#Cc1ccc(C(c2ccc(C(=O)c3ccc(Br)cc3)[nH]2)c2ccc(C(=O)c3ccc(I)cc3)[nH]2)cc1. The van der Waals surface area contributed by atoms with Crippen LogP contribution in [0.1, 0.15) is 60.5 Å². The Bertz CT molecular complexity index is 1670. The third-order valence-corrected chi connectivity index (χ3v) is 8.69. The molecule has 0 bridgehead atoms. The number of hydrogen-bond donors (Lipinski definition) is 2. The maximum Gasteiger partial charge on any atom is 0.209 e. The molecule has 41 heavy (non-hydrogen) atoms. The van der Waals surface area contributed by atoms with E-state index in [2.05, 4.69) is 91.7 Å². The lowest BCUT2D eigenvalue weighted by Crippen LogP contribution is -2.16. The van der Waals surface area contributed by atoms with Gasteiger partial charge in [-0.15, -0.1) is 5.54 Å². The minimum Gasteiger partial charge on any atom is -0.355 e. The highest BCUT2D eigenvalue weighted by molar-refractivity contribution is 14.1. The minimum absolute atomic E-state index is 0.0686. The third kappa shape index (κ3) is 7.07. The molecule has 5 aromatic rings. The van der Waals surface area contributed by atoms with Crippen LogP contribution in [-0.2, 0) is 0 Å². The molecule has 0 amide bonds. The van der Waals surface area contributed by atoms with Crippen LogP contribution < -0.4 is 0 Å². The molecule has 2 aromatic heterocycles. The summed E-state index contributed by atoms with van der Waals surface area (Å²) in [5, 5.41) is 0. The van der Waals surface area contributed by atoms with Gasteiger partial charge >= 0.3 is 0 Å². The van der Waals surface area contributed by atoms with E-state index in [0.29, 0.717) is 22.5 Å². The molecule has 0 fully saturated rings. The van der Waals surface area contributed by atoms with Crippen molar-refractivity contribution in [2.45, 2.75) is 25.6 Å². The van der Waals surface area contributed by atoms with Gasteiger partial charge in [0.25, 0.3) is 0 Å². The molecule has 2 heterocycles. The molecule has 0 saturated heterocycles. The van der Waals surface area contributed by atoms with Gasteiger partial charge in [0.2, 0.25) is 11.6 Å². The number of H-pyrrole nitrogens is 2. The van der Waals surface area contributed by atoms with Crippen molar-refractivity contribution in [3.05, 3.63) is 150 Å². The van der Waals surface area contributed by atoms with Crippen LogP contribution in [-0.4, -0.2) is 29.6 Å². The zero-order chi connectivity index (χ0) is 29.1. The smallest absolute Gasteiger partial charge is 0.209 e. The van der Waals surface area contributed by atoms with Crippen LogP contribution in [0.3, 0.4) is 0 Å². The summed E-state index contributed by atoms with van der Waals surface area (Å²) in [5.41, 5.74) is 9.36. The second kappa shape index (κ2) is 12.2. The van der Waals surface area contributed by atoms with Gasteiger partial charge in [0, 0.05) is 36.1 Å². The molecule has 4 nitrogen and oxygen atoms in total. The van der Waals surface area contributed by atoms with Crippen molar-refractivity contribution in [3.8, 4) is 11.5 Å². The Morgan fingerprint density at radius 2 is 1.20 bits per heavy atom. The molecule has 0 aliphatic rings. The summed E-state index contributed by atoms with van der Waals surface area (Å²) in [6.07, 6.45) is 0. The topological polar surface area (TPSA) is 65.7 Å². The Labute approximate surface area is 263 Å². The van der Waals surface area contributed by atoms with E-state index in [4.69, 9.17) is 0 Å². The molecule has 0 saturated carbocycles. The maximum atomic E-state index is 13.2. The Morgan fingerprint density at radius 3 is 1.68 bits per heavy atom. The van der Waals surface area contributed by atoms with Crippen molar-refractivity contribution in [1.82, 2.24) is 9.97 Å². The van der Waals surface area contributed by atoms with Gasteiger partial charge in [0.05, 0.1) is 17.3 Å². The Morgan fingerprint density at radius 1 is 0.707 bits per heavy atom. The molecule has 1 unspecified atom stereocenters. The molecule has 5 rings (SSSR count). The Kier molecular flexibility index (Phi) is 8.64. The van der Waals surface area contributed by atoms with Crippen LogP contribution in [0.25, 0.3) is 0 Å². The fourth-order valence-corrected chi connectivity index (χ4v) is 5.63. The standard InChI is InChI=1S/C34H28BrIN2O2Si/c1-41(2,3)21-20-22-4-6-23(7-5-22)32(28-16-18-30(37-28)33(39)24-8-12-26(35)13-9-24)29-17-19-31(38-29)34(40)25-10-14-27(36)15-11-25/h4-19,32,37-38H,1-3H3. The number of aromatic nitrogens is 2. The van der Waals surface area contributed by atoms with Crippen LogP contribution in [0.5, 0.6) is 0 Å². The highest BCUT2D eigenvalue weighted by Crippen LogP contribution is 2.32. The molecule has 3 aromatic carbocycles. The number of carbonyl (C=O) groups is 2. The third-order valence-electron chi connectivity index (χ3n) is 6.57. The lowest BCUT2D eigenvalue weighted by molar-refractivity contribution is 0.102. The quantitative estimate of drug-likeness (QED) is 0.0763. The zero-order valence-corrected chi connectivity index (χ0v) is 27.6. The van der Waals surface area contributed by atoms with Crippen LogP contribution >= 0.6 is 38.5 Å². The number of rotatable bonds is 7. The highest BCUT2D eigenvalue weighted by atomic mass is 127.